The number of nitrogens with two attached hydrogens (primary N) is 1. The van der Waals surface area contributed by atoms with Crippen LogP contribution in [0.2, 0.25) is 0 Å². The van der Waals surface area contributed by atoms with Crippen molar-refractivity contribution >= 4 is 5.71 Å². The lowest BCUT2D eigenvalue weighted by Gasteiger charge is -2.08. The Morgan fingerprint density at radius 1 is 1.57 bits per heavy atom. The van der Waals surface area contributed by atoms with Gasteiger partial charge in [0.15, 0.2) is 0 Å². The molecular weight excluding hydrogens is 176 g/mol. The van der Waals surface area contributed by atoms with Gasteiger partial charge in [-0.2, -0.15) is 5.10 Å². The van der Waals surface area contributed by atoms with Gasteiger partial charge in [-0.25, -0.2) is 0 Å². The van der Waals surface area contributed by atoms with Crippen LogP contribution < -0.4 is 11.2 Å². The molecular formula is C10H14N4. The van der Waals surface area contributed by atoms with Crippen LogP contribution in [0.5, 0.6) is 0 Å². The maximum atomic E-state index is 5.47. The normalized spacial score (nSPS) is 20.4. The first kappa shape index (κ1) is 9.15. The molecule has 0 saturated carbocycles. The third-order valence-corrected chi connectivity index (χ3v) is 2.34. The summed E-state index contributed by atoms with van der Waals surface area (Å²) in [5, 5.41) is 4.24. The number of hydrazone groups is 1. The highest BCUT2D eigenvalue weighted by Crippen LogP contribution is 2.21. The monoisotopic (exact) mass is 190 g/mol. The van der Waals surface area contributed by atoms with E-state index in [1.54, 1.807) is 6.20 Å². The van der Waals surface area contributed by atoms with Crippen molar-refractivity contribution in [3.05, 3.63) is 30.1 Å². The average Bonchev–Trinajstić information content (AvgIpc) is 2.68. The van der Waals surface area contributed by atoms with Crippen molar-refractivity contribution in [1.82, 2.24) is 10.4 Å². The quantitative estimate of drug-likeness (QED) is 0.741. The van der Waals surface area contributed by atoms with Gasteiger partial charge in [0.25, 0.3) is 0 Å². The molecule has 1 unspecified atom stereocenters. The van der Waals surface area contributed by atoms with E-state index in [1.807, 2.05) is 12.3 Å². The van der Waals surface area contributed by atoms with E-state index in [4.69, 9.17) is 5.73 Å². The van der Waals surface area contributed by atoms with Crippen LogP contribution in [0.1, 0.15) is 24.4 Å². The maximum absolute atomic E-state index is 5.47. The smallest absolute Gasteiger partial charge is 0.0757 e. The van der Waals surface area contributed by atoms with Gasteiger partial charge in [0, 0.05) is 24.5 Å². The van der Waals surface area contributed by atoms with Crippen LogP contribution in [0.25, 0.3) is 0 Å². The summed E-state index contributed by atoms with van der Waals surface area (Å²) in [6.45, 7) is 0.667. The summed E-state index contributed by atoms with van der Waals surface area (Å²) in [5.74, 6) is 0. The van der Waals surface area contributed by atoms with Crippen molar-refractivity contribution in [3.63, 3.8) is 0 Å². The second-order valence-corrected chi connectivity index (χ2v) is 3.39. The largest absolute Gasteiger partial charge is 0.330 e. The van der Waals surface area contributed by atoms with Gasteiger partial charge in [-0.1, -0.05) is 6.07 Å². The zero-order valence-electron chi connectivity index (χ0n) is 7.98. The fraction of sp³-hybridized carbons (Fsp3) is 0.400. The molecule has 1 aromatic heterocycles. The Labute approximate surface area is 83.2 Å². The van der Waals surface area contributed by atoms with E-state index < -0.39 is 0 Å². The lowest BCUT2D eigenvalue weighted by atomic mass is 10.0. The predicted molar refractivity (Wildman–Crippen MR) is 55.8 cm³/mol. The van der Waals surface area contributed by atoms with Crippen LogP contribution in [0.4, 0.5) is 0 Å². The third kappa shape index (κ3) is 1.90. The van der Waals surface area contributed by atoms with E-state index in [9.17, 15) is 0 Å². The van der Waals surface area contributed by atoms with Crippen LogP contribution in [-0.2, 0) is 0 Å². The summed E-state index contributed by atoms with van der Waals surface area (Å²) in [6.07, 6.45) is 5.48. The van der Waals surface area contributed by atoms with Crippen molar-refractivity contribution in [1.29, 1.82) is 0 Å². The molecule has 1 aliphatic rings. The standard InChI is InChI=1S/C10H14N4/c11-4-3-9-6-10(14-13-9)8-2-1-5-12-7-8/h1-2,5,7,10,14H,3-4,6,11H2. The Morgan fingerprint density at radius 3 is 3.21 bits per heavy atom. The van der Waals surface area contributed by atoms with E-state index in [-0.39, 0.29) is 6.04 Å². The molecule has 2 heterocycles. The summed E-state index contributed by atoms with van der Waals surface area (Å²) < 4.78 is 0. The SMILES string of the molecule is NCCC1=NNC(c2cccnc2)C1. The molecule has 0 aliphatic carbocycles. The number of hydrogen-bond acceptors (Lipinski definition) is 4. The second-order valence-electron chi connectivity index (χ2n) is 3.39. The fourth-order valence-corrected chi connectivity index (χ4v) is 1.60. The van der Waals surface area contributed by atoms with Gasteiger partial charge >= 0.3 is 0 Å². The van der Waals surface area contributed by atoms with Crippen LogP contribution >= 0.6 is 0 Å². The molecule has 1 atom stereocenters. The highest BCUT2D eigenvalue weighted by atomic mass is 15.3. The maximum Gasteiger partial charge on any atom is 0.0757 e. The Kier molecular flexibility index (Phi) is 2.74. The van der Waals surface area contributed by atoms with E-state index in [0.717, 1.165) is 18.6 Å². The molecule has 4 nitrogen and oxygen atoms in total. The minimum absolute atomic E-state index is 0.283. The number of nitrogens with one attached hydrogen (secondary N) is 1. The molecule has 0 fully saturated rings. The molecule has 1 aliphatic heterocycles. The first-order valence-electron chi connectivity index (χ1n) is 4.81. The van der Waals surface area contributed by atoms with Crippen molar-refractivity contribution in [2.45, 2.75) is 18.9 Å². The number of rotatable bonds is 3. The van der Waals surface area contributed by atoms with Crippen LogP contribution in [0.3, 0.4) is 0 Å². The molecule has 14 heavy (non-hydrogen) atoms. The Hall–Kier alpha value is -1.42. The Balaban J connectivity index is 1.99. The number of pyridine rings is 1. The summed E-state index contributed by atoms with van der Waals surface area (Å²) in [6, 6.07) is 4.29. The molecule has 4 heteroatoms. The first-order chi connectivity index (χ1) is 6.90. The molecule has 0 amide bonds. The molecule has 0 spiro atoms. The van der Waals surface area contributed by atoms with Crippen molar-refractivity contribution in [2.24, 2.45) is 10.8 Å². The molecule has 3 N–H and O–H groups in total. The van der Waals surface area contributed by atoms with E-state index in [2.05, 4.69) is 21.6 Å². The molecule has 0 saturated heterocycles. The lowest BCUT2D eigenvalue weighted by Crippen LogP contribution is -2.10. The van der Waals surface area contributed by atoms with Gasteiger partial charge in [-0.15, -0.1) is 0 Å². The minimum atomic E-state index is 0.283. The van der Waals surface area contributed by atoms with Gasteiger partial charge in [0.05, 0.1) is 6.04 Å². The molecule has 2 rings (SSSR count). The van der Waals surface area contributed by atoms with Crippen molar-refractivity contribution in [2.75, 3.05) is 6.54 Å². The average molecular weight is 190 g/mol. The number of nitrogens with zero attached hydrogens (tertiary/aromatic N) is 2. The predicted octanol–water partition coefficient (Wildman–Crippen LogP) is 0.821. The summed E-state index contributed by atoms with van der Waals surface area (Å²) in [5.41, 5.74) is 10.9. The van der Waals surface area contributed by atoms with E-state index in [0.29, 0.717) is 6.54 Å². The zero-order valence-corrected chi connectivity index (χ0v) is 7.98. The number of hydrogen-bond donors (Lipinski definition) is 2. The zero-order chi connectivity index (χ0) is 9.80. The van der Waals surface area contributed by atoms with Crippen molar-refractivity contribution < 1.29 is 0 Å². The topological polar surface area (TPSA) is 63.3 Å². The van der Waals surface area contributed by atoms with E-state index in [1.165, 1.54) is 5.56 Å². The van der Waals surface area contributed by atoms with Crippen LogP contribution in [-0.4, -0.2) is 17.2 Å². The summed E-state index contributed by atoms with van der Waals surface area (Å²) >= 11 is 0. The highest BCUT2D eigenvalue weighted by molar-refractivity contribution is 5.86. The molecule has 1 aromatic rings. The Morgan fingerprint density at radius 2 is 2.50 bits per heavy atom. The fourth-order valence-electron chi connectivity index (χ4n) is 1.60. The first-order valence-corrected chi connectivity index (χ1v) is 4.81. The summed E-state index contributed by atoms with van der Waals surface area (Å²) in [4.78, 5) is 4.08. The van der Waals surface area contributed by atoms with Crippen LogP contribution in [0, 0.1) is 0 Å². The second kappa shape index (κ2) is 4.19. The van der Waals surface area contributed by atoms with E-state index >= 15 is 0 Å². The lowest BCUT2D eigenvalue weighted by molar-refractivity contribution is 0.617. The molecule has 0 bridgehead atoms. The van der Waals surface area contributed by atoms with Crippen LogP contribution in [0.15, 0.2) is 29.6 Å². The Bertz CT molecular complexity index is 320. The minimum Gasteiger partial charge on any atom is -0.330 e. The number of aromatic nitrogens is 1. The molecule has 0 aromatic carbocycles. The molecule has 0 radical (unpaired) electrons. The third-order valence-electron chi connectivity index (χ3n) is 2.34. The van der Waals surface area contributed by atoms with Gasteiger partial charge in [0.1, 0.15) is 0 Å². The summed E-state index contributed by atoms with van der Waals surface area (Å²) in [7, 11) is 0. The van der Waals surface area contributed by atoms with Crippen molar-refractivity contribution in [3.8, 4) is 0 Å². The molecule has 74 valence electrons. The highest BCUT2D eigenvalue weighted by Gasteiger charge is 2.18. The van der Waals surface area contributed by atoms with Gasteiger partial charge in [-0.05, 0) is 24.6 Å². The van der Waals surface area contributed by atoms with Gasteiger partial charge in [0.2, 0.25) is 0 Å². The van der Waals surface area contributed by atoms with Gasteiger partial charge < -0.3 is 11.2 Å². The van der Waals surface area contributed by atoms with Gasteiger partial charge in [-0.3, -0.25) is 4.98 Å².